The minimum atomic E-state index is -0.732. The average molecular weight is 308 g/mol. The van der Waals surface area contributed by atoms with Gasteiger partial charge in [0.25, 0.3) is 0 Å². The van der Waals surface area contributed by atoms with Crippen LogP contribution in [-0.4, -0.2) is 41.3 Å². The number of thioether (sulfide) groups is 1. The molecule has 0 bridgehead atoms. The average Bonchev–Trinajstić information content (AvgIpc) is 2.90. The molecule has 1 heterocycles. The number of benzene rings is 1. The molecule has 0 aliphatic carbocycles. The lowest BCUT2D eigenvalue weighted by atomic mass is 9.99. The zero-order valence-corrected chi connectivity index (χ0v) is 13.5. The Morgan fingerprint density at radius 2 is 2.29 bits per heavy atom. The van der Waals surface area contributed by atoms with Crippen molar-refractivity contribution in [3.8, 4) is 0 Å². The van der Waals surface area contributed by atoms with E-state index < -0.39 is 5.60 Å². The van der Waals surface area contributed by atoms with E-state index in [-0.39, 0.29) is 11.9 Å². The SMILES string of the molecule is Cc1cccc([C@H](C)CNC(=O)NC[C@@]2(O)CCSC2)c1. The second-order valence-electron chi connectivity index (χ2n) is 5.91. The van der Waals surface area contributed by atoms with Gasteiger partial charge in [0.15, 0.2) is 0 Å². The van der Waals surface area contributed by atoms with Crippen LogP contribution in [0.15, 0.2) is 24.3 Å². The van der Waals surface area contributed by atoms with Gasteiger partial charge < -0.3 is 15.7 Å². The van der Waals surface area contributed by atoms with Crippen LogP contribution < -0.4 is 10.6 Å². The van der Waals surface area contributed by atoms with Crippen molar-refractivity contribution in [2.45, 2.75) is 31.8 Å². The van der Waals surface area contributed by atoms with E-state index in [0.29, 0.717) is 18.8 Å². The highest BCUT2D eigenvalue weighted by Crippen LogP contribution is 2.26. The van der Waals surface area contributed by atoms with E-state index in [4.69, 9.17) is 0 Å². The summed E-state index contributed by atoms with van der Waals surface area (Å²) < 4.78 is 0. The Balaban J connectivity index is 1.73. The Bertz CT molecular complexity index is 487. The molecule has 116 valence electrons. The molecule has 1 aliphatic heterocycles. The Kier molecular flexibility index (Phi) is 5.53. The van der Waals surface area contributed by atoms with Crippen molar-refractivity contribution in [3.63, 3.8) is 0 Å². The third-order valence-corrected chi connectivity index (χ3v) is 5.07. The van der Waals surface area contributed by atoms with Crippen LogP contribution in [0.5, 0.6) is 0 Å². The van der Waals surface area contributed by atoms with Gasteiger partial charge in [0.05, 0.1) is 5.60 Å². The van der Waals surface area contributed by atoms with Crippen molar-refractivity contribution in [1.82, 2.24) is 10.6 Å². The third kappa shape index (κ3) is 4.93. The summed E-state index contributed by atoms with van der Waals surface area (Å²) >= 11 is 1.73. The molecule has 1 aromatic carbocycles. The zero-order chi connectivity index (χ0) is 15.3. The monoisotopic (exact) mass is 308 g/mol. The van der Waals surface area contributed by atoms with E-state index >= 15 is 0 Å². The maximum absolute atomic E-state index is 11.8. The van der Waals surface area contributed by atoms with Crippen LogP contribution in [0.2, 0.25) is 0 Å². The summed E-state index contributed by atoms with van der Waals surface area (Å²) in [7, 11) is 0. The predicted octanol–water partition coefficient (Wildman–Crippen LogP) is 2.27. The zero-order valence-electron chi connectivity index (χ0n) is 12.7. The summed E-state index contributed by atoms with van der Waals surface area (Å²) in [6.07, 6.45) is 0.748. The highest BCUT2D eigenvalue weighted by Gasteiger charge is 2.31. The summed E-state index contributed by atoms with van der Waals surface area (Å²) in [5, 5.41) is 15.8. The minimum Gasteiger partial charge on any atom is -0.387 e. The quantitative estimate of drug-likeness (QED) is 0.782. The van der Waals surface area contributed by atoms with Crippen molar-refractivity contribution in [2.24, 2.45) is 0 Å². The molecule has 0 unspecified atom stereocenters. The van der Waals surface area contributed by atoms with Crippen molar-refractivity contribution in [3.05, 3.63) is 35.4 Å². The van der Waals surface area contributed by atoms with E-state index in [1.54, 1.807) is 11.8 Å². The van der Waals surface area contributed by atoms with Gasteiger partial charge in [-0.2, -0.15) is 11.8 Å². The van der Waals surface area contributed by atoms with Crippen LogP contribution >= 0.6 is 11.8 Å². The number of aliphatic hydroxyl groups is 1. The van der Waals surface area contributed by atoms with Gasteiger partial charge in [-0.15, -0.1) is 0 Å². The van der Waals surface area contributed by atoms with Crippen LogP contribution in [0.1, 0.15) is 30.4 Å². The molecule has 2 amide bonds. The highest BCUT2D eigenvalue weighted by molar-refractivity contribution is 7.99. The highest BCUT2D eigenvalue weighted by atomic mass is 32.2. The number of nitrogens with one attached hydrogen (secondary N) is 2. The molecule has 2 rings (SSSR count). The molecule has 3 N–H and O–H groups in total. The second-order valence-corrected chi connectivity index (χ2v) is 7.01. The minimum absolute atomic E-state index is 0.208. The lowest BCUT2D eigenvalue weighted by molar-refractivity contribution is 0.0700. The molecule has 0 spiro atoms. The molecule has 1 aromatic rings. The fraction of sp³-hybridized carbons (Fsp3) is 0.562. The smallest absolute Gasteiger partial charge is 0.314 e. The van der Waals surface area contributed by atoms with Gasteiger partial charge in [-0.3, -0.25) is 0 Å². The van der Waals surface area contributed by atoms with Gasteiger partial charge >= 0.3 is 6.03 Å². The van der Waals surface area contributed by atoms with Crippen molar-refractivity contribution < 1.29 is 9.90 Å². The largest absolute Gasteiger partial charge is 0.387 e. The summed E-state index contributed by atoms with van der Waals surface area (Å²) in [6.45, 7) is 5.07. The molecule has 1 fully saturated rings. The number of rotatable bonds is 5. The van der Waals surface area contributed by atoms with E-state index in [0.717, 1.165) is 12.2 Å². The van der Waals surface area contributed by atoms with Crippen LogP contribution in [0.25, 0.3) is 0 Å². The van der Waals surface area contributed by atoms with Gasteiger partial charge in [0, 0.05) is 18.8 Å². The molecule has 2 atom stereocenters. The molecule has 21 heavy (non-hydrogen) atoms. The molecule has 1 aliphatic rings. The Morgan fingerprint density at radius 1 is 1.48 bits per heavy atom. The molecule has 5 heteroatoms. The fourth-order valence-electron chi connectivity index (χ4n) is 2.38. The van der Waals surface area contributed by atoms with Crippen LogP contribution in [-0.2, 0) is 0 Å². The first-order valence-corrected chi connectivity index (χ1v) is 8.52. The number of hydrogen-bond acceptors (Lipinski definition) is 3. The first kappa shape index (κ1) is 16.2. The first-order valence-electron chi connectivity index (χ1n) is 7.37. The maximum atomic E-state index is 11.8. The predicted molar refractivity (Wildman–Crippen MR) is 87.9 cm³/mol. The lowest BCUT2D eigenvalue weighted by Gasteiger charge is -2.22. The van der Waals surface area contributed by atoms with Crippen molar-refractivity contribution in [2.75, 3.05) is 24.6 Å². The summed E-state index contributed by atoms with van der Waals surface area (Å²) in [4.78, 5) is 11.8. The number of aryl methyl sites for hydroxylation is 1. The van der Waals surface area contributed by atoms with Gasteiger partial charge in [-0.05, 0) is 30.6 Å². The van der Waals surface area contributed by atoms with Crippen molar-refractivity contribution in [1.29, 1.82) is 0 Å². The molecular weight excluding hydrogens is 284 g/mol. The van der Waals surface area contributed by atoms with E-state index in [1.165, 1.54) is 11.1 Å². The molecule has 0 aromatic heterocycles. The van der Waals surface area contributed by atoms with Crippen molar-refractivity contribution >= 4 is 17.8 Å². The Morgan fingerprint density at radius 3 is 2.95 bits per heavy atom. The third-order valence-electron chi connectivity index (χ3n) is 3.84. The number of carbonyl (C=O) groups excluding carboxylic acids is 1. The number of urea groups is 1. The first-order chi connectivity index (χ1) is 9.98. The normalized spacial score (nSPS) is 22.8. The molecule has 1 saturated heterocycles. The Labute approximate surface area is 130 Å². The lowest BCUT2D eigenvalue weighted by Crippen LogP contribution is -2.47. The van der Waals surface area contributed by atoms with E-state index in [1.807, 2.05) is 6.07 Å². The van der Waals surface area contributed by atoms with E-state index in [2.05, 4.69) is 42.7 Å². The van der Waals surface area contributed by atoms with Crippen LogP contribution in [0.3, 0.4) is 0 Å². The molecule has 0 radical (unpaired) electrons. The number of amides is 2. The second kappa shape index (κ2) is 7.18. The number of carbonyl (C=O) groups is 1. The van der Waals surface area contributed by atoms with E-state index in [9.17, 15) is 9.90 Å². The Hall–Kier alpha value is -1.20. The summed E-state index contributed by atoms with van der Waals surface area (Å²) in [5.74, 6) is 1.93. The number of hydrogen-bond donors (Lipinski definition) is 3. The van der Waals surface area contributed by atoms with Gasteiger partial charge in [0.1, 0.15) is 0 Å². The summed E-state index contributed by atoms with van der Waals surface area (Å²) in [6, 6.07) is 8.11. The van der Waals surface area contributed by atoms with Gasteiger partial charge in [-0.25, -0.2) is 4.79 Å². The standard InChI is InChI=1S/C16H24N2O2S/c1-12-4-3-5-14(8-12)13(2)9-17-15(19)18-10-16(20)6-7-21-11-16/h3-5,8,13,20H,6-7,9-11H2,1-2H3,(H2,17,18,19)/t13-,16+/m1/s1. The molecule has 0 saturated carbocycles. The summed E-state index contributed by atoms with van der Waals surface area (Å²) in [5.41, 5.74) is 1.72. The van der Waals surface area contributed by atoms with Crippen LogP contribution in [0.4, 0.5) is 4.79 Å². The maximum Gasteiger partial charge on any atom is 0.314 e. The molecule has 4 nitrogen and oxygen atoms in total. The fourth-order valence-corrected chi connectivity index (χ4v) is 3.68. The molecular formula is C16H24N2O2S. The van der Waals surface area contributed by atoms with Gasteiger partial charge in [0.2, 0.25) is 0 Å². The van der Waals surface area contributed by atoms with Gasteiger partial charge in [-0.1, -0.05) is 36.8 Å². The van der Waals surface area contributed by atoms with Crippen LogP contribution in [0, 0.1) is 6.92 Å². The topological polar surface area (TPSA) is 61.4 Å².